The van der Waals surface area contributed by atoms with Gasteiger partial charge in [-0.25, -0.2) is 4.79 Å². The van der Waals surface area contributed by atoms with E-state index in [1.807, 2.05) is 24.3 Å². The third-order valence-electron chi connectivity index (χ3n) is 2.90. The Morgan fingerprint density at radius 3 is 2.86 bits per heavy atom. The van der Waals surface area contributed by atoms with E-state index >= 15 is 0 Å². The fourth-order valence-electron chi connectivity index (χ4n) is 1.91. The second-order valence-electron chi connectivity index (χ2n) is 4.45. The van der Waals surface area contributed by atoms with Crippen LogP contribution in [0.15, 0.2) is 52.6 Å². The average Bonchev–Trinajstić information content (AvgIpc) is 2.44. The molecule has 2 rings (SSSR count). The fraction of sp³-hybridized carbons (Fsp3) is 0.200. The number of aryl methyl sites for hydroxylation is 1. The molecule has 110 valence electrons. The highest BCUT2D eigenvalue weighted by Crippen LogP contribution is 2.14. The van der Waals surface area contributed by atoms with Crippen molar-refractivity contribution < 1.29 is 9.84 Å². The maximum atomic E-state index is 11.6. The summed E-state index contributed by atoms with van der Waals surface area (Å²) < 4.78 is 6.54. The van der Waals surface area contributed by atoms with E-state index in [0.717, 1.165) is 16.2 Å². The SMILES string of the molecule is C=CCOc1cccc(CCn2c(O)cc(=O)[nH]c2=O)c1. The molecule has 0 atom stereocenters. The van der Waals surface area contributed by atoms with Crippen molar-refractivity contribution in [3.8, 4) is 11.6 Å². The van der Waals surface area contributed by atoms with Crippen LogP contribution in [0.2, 0.25) is 0 Å². The average molecular weight is 288 g/mol. The monoisotopic (exact) mass is 288 g/mol. The zero-order valence-electron chi connectivity index (χ0n) is 11.4. The maximum absolute atomic E-state index is 11.6. The highest BCUT2D eigenvalue weighted by atomic mass is 16.5. The molecule has 1 aromatic heterocycles. The normalized spacial score (nSPS) is 10.3. The topological polar surface area (TPSA) is 84.3 Å². The summed E-state index contributed by atoms with van der Waals surface area (Å²) in [5.74, 6) is 0.369. The van der Waals surface area contributed by atoms with Crippen LogP contribution in [0.25, 0.3) is 0 Å². The summed E-state index contributed by atoms with van der Waals surface area (Å²) in [5.41, 5.74) is -0.290. The molecule has 21 heavy (non-hydrogen) atoms. The van der Waals surface area contributed by atoms with Crippen molar-refractivity contribution in [2.24, 2.45) is 0 Å². The summed E-state index contributed by atoms with van der Waals surface area (Å²) in [6, 6.07) is 8.41. The molecule has 6 nitrogen and oxygen atoms in total. The Kier molecular flexibility index (Phi) is 4.61. The molecule has 0 spiro atoms. The Morgan fingerprint density at radius 1 is 1.33 bits per heavy atom. The van der Waals surface area contributed by atoms with Crippen LogP contribution in [0.3, 0.4) is 0 Å². The number of H-pyrrole nitrogens is 1. The lowest BCUT2D eigenvalue weighted by Gasteiger charge is -2.09. The third-order valence-corrected chi connectivity index (χ3v) is 2.90. The molecule has 0 saturated heterocycles. The molecule has 6 heteroatoms. The molecule has 0 aliphatic heterocycles. The van der Waals surface area contributed by atoms with Crippen molar-refractivity contribution >= 4 is 0 Å². The van der Waals surface area contributed by atoms with Crippen LogP contribution in [-0.2, 0) is 13.0 Å². The van der Waals surface area contributed by atoms with Crippen molar-refractivity contribution in [3.63, 3.8) is 0 Å². The van der Waals surface area contributed by atoms with Gasteiger partial charge in [-0.3, -0.25) is 14.3 Å². The number of rotatable bonds is 6. The van der Waals surface area contributed by atoms with Crippen molar-refractivity contribution in [1.82, 2.24) is 9.55 Å². The highest BCUT2D eigenvalue weighted by molar-refractivity contribution is 5.28. The van der Waals surface area contributed by atoms with Gasteiger partial charge < -0.3 is 9.84 Å². The summed E-state index contributed by atoms with van der Waals surface area (Å²) in [6.45, 7) is 4.26. The summed E-state index contributed by atoms with van der Waals surface area (Å²) in [7, 11) is 0. The molecule has 2 N–H and O–H groups in total. The predicted octanol–water partition coefficient (Wildman–Crippen LogP) is 1.05. The molecule has 1 aromatic carbocycles. The molecule has 1 heterocycles. The molecule has 0 bridgehead atoms. The van der Waals surface area contributed by atoms with Gasteiger partial charge in [0.25, 0.3) is 5.56 Å². The number of nitrogens with one attached hydrogen (secondary N) is 1. The van der Waals surface area contributed by atoms with E-state index < -0.39 is 11.2 Å². The van der Waals surface area contributed by atoms with Gasteiger partial charge in [0.05, 0.1) is 6.07 Å². The van der Waals surface area contributed by atoms with Crippen molar-refractivity contribution in [2.45, 2.75) is 13.0 Å². The van der Waals surface area contributed by atoms with E-state index in [2.05, 4.69) is 11.6 Å². The second-order valence-corrected chi connectivity index (χ2v) is 4.45. The molecule has 2 aromatic rings. The summed E-state index contributed by atoms with van der Waals surface area (Å²) in [4.78, 5) is 24.7. The standard InChI is InChI=1S/C15H16N2O4/c1-2-8-21-12-5-3-4-11(9-12)6-7-17-14(19)10-13(18)16-15(17)20/h2-5,9-10,19H,1,6-8H2,(H,16,18,20). The number of benzene rings is 1. The number of aromatic nitrogens is 2. The van der Waals surface area contributed by atoms with Crippen LogP contribution in [-0.4, -0.2) is 21.3 Å². The lowest BCUT2D eigenvalue weighted by atomic mass is 10.1. The Labute approximate surface area is 121 Å². The van der Waals surface area contributed by atoms with Crippen LogP contribution < -0.4 is 16.0 Å². The van der Waals surface area contributed by atoms with Gasteiger partial charge in [0.15, 0.2) is 0 Å². The third kappa shape index (κ3) is 3.85. The maximum Gasteiger partial charge on any atom is 0.331 e. The first-order chi connectivity index (χ1) is 10.1. The first kappa shape index (κ1) is 14.6. The molecule has 0 aliphatic carbocycles. The van der Waals surface area contributed by atoms with E-state index in [1.165, 1.54) is 0 Å². The molecule has 0 fully saturated rings. The Morgan fingerprint density at radius 2 is 2.14 bits per heavy atom. The molecule has 0 amide bonds. The van der Waals surface area contributed by atoms with Crippen LogP contribution in [0.1, 0.15) is 5.56 Å². The molecule has 0 radical (unpaired) electrons. The minimum atomic E-state index is -0.626. The molecular weight excluding hydrogens is 272 g/mol. The van der Waals surface area contributed by atoms with E-state index in [0.29, 0.717) is 18.8 Å². The van der Waals surface area contributed by atoms with Crippen molar-refractivity contribution in [1.29, 1.82) is 0 Å². The fourth-order valence-corrected chi connectivity index (χ4v) is 1.91. The van der Waals surface area contributed by atoms with Gasteiger partial charge in [-0.1, -0.05) is 24.8 Å². The summed E-state index contributed by atoms with van der Waals surface area (Å²) in [5, 5.41) is 9.63. The molecule has 0 unspecified atom stereocenters. The van der Waals surface area contributed by atoms with E-state index in [9.17, 15) is 14.7 Å². The Balaban J connectivity index is 2.11. The van der Waals surface area contributed by atoms with Crippen LogP contribution in [0, 0.1) is 0 Å². The minimum Gasteiger partial charge on any atom is -0.494 e. The lowest BCUT2D eigenvalue weighted by molar-refractivity contribution is 0.362. The molecular formula is C15H16N2O4. The number of aromatic hydroxyl groups is 1. The van der Waals surface area contributed by atoms with E-state index in [1.54, 1.807) is 6.08 Å². The first-order valence-corrected chi connectivity index (χ1v) is 6.46. The minimum absolute atomic E-state index is 0.256. The molecule has 0 aliphatic rings. The lowest BCUT2D eigenvalue weighted by Crippen LogP contribution is -2.29. The summed E-state index contributed by atoms with van der Waals surface area (Å²) in [6.07, 6.45) is 2.18. The first-order valence-electron chi connectivity index (χ1n) is 6.46. The highest BCUT2D eigenvalue weighted by Gasteiger charge is 2.05. The quantitative estimate of drug-likeness (QED) is 0.778. The van der Waals surface area contributed by atoms with E-state index in [-0.39, 0.29) is 12.4 Å². The number of ether oxygens (including phenoxy) is 1. The Hall–Kier alpha value is -2.76. The van der Waals surface area contributed by atoms with Gasteiger partial charge in [0.2, 0.25) is 5.88 Å². The van der Waals surface area contributed by atoms with Crippen LogP contribution in [0.4, 0.5) is 0 Å². The number of aromatic amines is 1. The largest absolute Gasteiger partial charge is 0.494 e. The predicted molar refractivity (Wildman–Crippen MR) is 78.8 cm³/mol. The zero-order valence-corrected chi connectivity index (χ0v) is 11.4. The summed E-state index contributed by atoms with van der Waals surface area (Å²) >= 11 is 0. The smallest absolute Gasteiger partial charge is 0.331 e. The zero-order chi connectivity index (χ0) is 15.2. The number of hydrogen-bond acceptors (Lipinski definition) is 4. The van der Waals surface area contributed by atoms with Gasteiger partial charge in [0, 0.05) is 6.54 Å². The number of hydrogen-bond donors (Lipinski definition) is 2. The van der Waals surface area contributed by atoms with Gasteiger partial charge >= 0.3 is 5.69 Å². The van der Waals surface area contributed by atoms with Gasteiger partial charge in [-0.05, 0) is 24.1 Å². The Bertz CT molecular complexity index is 746. The van der Waals surface area contributed by atoms with Gasteiger partial charge in [-0.2, -0.15) is 0 Å². The van der Waals surface area contributed by atoms with E-state index in [4.69, 9.17) is 4.74 Å². The van der Waals surface area contributed by atoms with Crippen LogP contribution in [0.5, 0.6) is 11.6 Å². The van der Waals surface area contributed by atoms with Crippen molar-refractivity contribution in [2.75, 3.05) is 6.61 Å². The van der Waals surface area contributed by atoms with Gasteiger partial charge in [0.1, 0.15) is 12.4 Å². The molecule has 0 saturated carbocycles. The number of nitrogens with zero attached hydrogens (tertiary/aromatic N) is 1. The van der Waals surface area contributed by atoms with Crippen LogP contribution >= 0.6 is 0 Å². The van der Waals surface area contributed by atoms with Crippen molar-refractivity contribution in [3.05, 3.63) is 69.4 Å². The van der Waals surface area contributed by atoms with Gasteiger partial charge in [-0.15, -0.1) is 0 Å². The second kappa shape index (κ2) is 6.60.